The maximum atomic E-state index is 8.44. The number of carboxylic acid groups (broad SMARTS) is 4. The number of benzene rings is 2. The minimum absolute atomic E-state index is 0.712. The third-order valence-corrected chi connectivity index (χ3v) is 4.72. The van der Waals surface area contributed by atoms with E-state index in [0.29, 0.717) is 13.2 Å². The Kier molecular flexibility index (Phi) is 9.18. The van der Waals surface area contributed by atoms with Crippen molar-refractivity contribution < 1.29 is 43.9 Å². The molecule has 0 aliphatic heterocycles. The van der Waals surface area contributed by atoms with Crippen LogP contribution in [0.25, 0.3) is 22.1 Å². The number of aromatic nitrogens is 4. The molecule has 0 bridgehead atoms. The molecule has 0 saturated carbocycles. The van der Waals surface area contributed by atoms with Crippen LogP contribution >= 0.6 is 0 Å². The summed E-state index contributed by atoms with van der Waals surface area (Å²) in [5, 5.41) is 30.6. The molecule has 33 heavy (non-hydrogen) atoms. The van der Waals surface area contributed by atoms with Crippen LogP contribution in [0.4, 0.5) is 9.59 Å². The molecule has 4 aromatic rings. The van der Waals surface area contributed by atoms with Gasteiger partial charge in [0.05, 0.1) is 27.3 Å². The highest BCUT2D eigenvalue weighted by Gasteiger charge is 2.13. The monoisotopic (exact) mass is 458 g/mol. The summed E-state index contributed by atoms with van der Waals surface area (Å²) < 4.78 is 14.7. The van der Waals surface area contributed by atoms with E-state index in [0.717, 1.165) is 13.1 Å². The van der Waals surface area contributed by atoms with Gasteiger partial charge in [-0.25, -0.2) is 18.3 Å². The fraction of sp³-hybridized carbons (Fsp3) is 0.273. The highest BCUT2D eigenvalue weighted by molar-refractivity contribution is 5.72. The molecule has 0 saturated heterocycles. The van der Waals surface area contributed by atoms with E-state index in [2.05, 4.69) is 93.5 Å². The summed E-state index contributed by atoms with van der Waals surface area (Å²) in [5.41, 5.74) is 4.98. The maximum absolute atomic E-state index is 8.44. The second-order valence-corrected chi connectivity index (χ2v) is 6.96. The van der Waals surface area contributed by atoms with Crippen LogP contribution in [0.2, 0.25) is 0 Å². The molecule has 176 valence electrons. The number of nitrogens with zero attached hydrogens (tertiary/aromatic N) is 4. The van der Waals surface area contributed by atoms with Crippen molar-refractivity contribution in [2.45, 2.75) is 13.1 Å². The summed E-state index contributed by atoms with van der Waals surface area (Å²) >= 11 is 0. The molecular formula is C22H26N4O7. The highest BCUT2D eigenvalue weighted by atomic mass is 16.6. The molecule has 0 amide bonds. The van der Waals surface area contributed by atoms with Gasteiger partial charge < -0.3 is 34.8 Å². The summed E-state index contributed by atoms with van der Waals surface area (Å²) in [6.45, 7) is 3.15. The summed E-state index contributed by atoms with van der Waals surface area (Å²) in [6, 6.07) is 16.9. The van der Waals surface area contributed by atoms with E-state index in [1.165, 1.54) is 22.1 Å². The Balaban J connectivity index is 0.000000420. The molecular weight excluding hydrogens is 432 g/mol. The number of hydrogen-bond acceptors (Lipinski definition) is 5. The van der Waals surface area contributed by atoms with Gasteiger partial charge in [0, 0.05) is 0 Å². The maximum Gasteiger partial charge on any atom is 0.249 e. The minimum atomic E-state index is -2.08. The van der Waals surface area contributed by atoms with Crippen molar-refractivity contribution in [2.24, 2.45) is 14.1 Å². The number of para-hydroxylation sites is 4. The van der Waals surface area contributed by atoms with Crippen LogP contribution in [0, 0.1) is 0 Å². The smallest absolute Gasteiger partial charge is 0.249 e. The number of carbonyl (C=O) groups is 2. The standard InChI is InChI=1S/C20H24N4O.2CH2O3/c1-21-15-23(19-9-5-3-7-17(19)21)11-13-25-14-12-24-16-22(2)18-8-4-6-10-20(18)24;2*2-1(3)4/h3-10,15-16H,11-14H2,1-2H3;2*(H2,2,3,4)/q+2;;/p-2. The number of imidazole rings is 2. The topological polar surface area (TPSA) is 148 Å². The fourth-order valence-corrected chi connectivity index (χ4v) is 3.46. The SMILES string of the molecule is Cn1c[n+](CCOCC[n+]2cn(C)c3ccccc32)c2ccccc21.O=C([O-])O.O=C([O-])O. The van der Waals surface area contributed by atoms with E-state index in [-0.39, 0.29) is 0 Å². The Morgan fingerprint density at radius 3 is 1.48 bits per heavy atom. The Bertz CT molecular complexity index is 1110. The van der Waals surface area contributed by atoms with Crippen LogP contribution in [-0.2, 0) is 31.9 Å². The van der Waals surface area contributed by atoms with Gasteiger partial charge in [-0.2, -0.15) is 0 Å². The Morgan fingerprint density at radius 2 is 1.12 bits per heavy atom. The quantitative estimate of drug-likeness (QED) is 0.299. The second kappa shape index (κ2) is 12.1. The number of hydrogen-bond donors (Lipinski definition) is 2. The lowest BCUT2D eigenvalue weighted by atomic mass is 10.3. The fourth-order valence-electron chi connectivity index (χ4n) is 3.46. The van der Waals surface area contributed by atoms with Crippen LogP contribution in [0.1, 0.15) is 0 Å². The first kappa shape index (κ1) is 25.1. The number of rotatable bonds is 6. The highest BCUT2D eigenvalue weighted by Crippen LogP contribution is 2.09. The van der Waals surface area contributed by atoms with Gasteiger partial charge in [0.25, 0.3) is 0 Å². The Hall–Kier alpha value is -4.12. The molecule has 0 fully saturated rings. The van der Waals surface area contributed by atoms with Crippen molar-refractivity contribution in [1.82, 2.24) is 9.13 Å². The van der Waals surface area contributed by atoms with Crippen LogP contribution < -0.4 is 19.3 Å². The van der Waals surface area contributed by atoms with E-state index >= 15 is 0 Å². The minimum Gasteiger partial charge on any atom is -0.565 e. The van der Waals surface area contributed by atoms with Gasteiger partial charge in [0.1, 0.15) is 13.1 Å². The zero-order chi connectivity index (χ0) is 24.4. The van der Waals surface area contributed by atoms with Crippen LogP contribution in [0.5, 0.6) is 0 Å². The van der Waals surface area contributed by atoms with Gasteiger partial charge in [-0.1, -0.05) is 24.3 Å². The van der Waals surface area contributed by atoms with Gasteiger partial charge >= 0.3 is 0 Å². The van der Waals surface area contributed by atoms with Crippen molar-refractivity contribution >= 4 is 34.4 Å². The van der Waals surface area contributed by atoms with Crippen molar-refractivity contribution in [2.75, 3.05) is 13.2 Å². The molecule has 2 heterocycles. The van der Waals surface area contributed by atoms with Crippen molar-refractivity contribution in [3.63, 3.8) is 0 Å². The predicted octanol–water partition coefficient (Wildman–Crippen LogP) is -0.263. The molecule has 4 rings (SSSR count). The Morgan fingerprint density at radius 1 is 0.788 bits per heavy atom. The normalized spacial score (nSPS) is 10.2. The van der Waals surface area contributed by atoms with Crippen LogP contribution in [0.3, 0.4) is 0 Å². The van der Waals surface area contributed by atoms with Gasteiger partial charge in [0.2, 0.25) is 25.0 Å². The average Bonchev–Trinajstić information content (AvgIpc) is 3.24. The number of fused-ring (bicyclic) bond motifs is 2. The van der Waals surface area contributed by atoms with Gasteiger partial charge in [-0.15, -0.1) is 0 Å². The zero-order valence-electron chi connectivity index (χ0n) is 18.3. The van der Waals surface area contributed by atoms with Gasteiger partial charge in [0.15, 0.2) is 22.1 Å². The first-order valence-electron chi connectivity index (χ1n) is 9.95. The van der Waals surface area contributed by atoms with Crippen molar-refractivity contribution in [1.29, 1.82) is 0 Å². The van der Waals surface area contributed by atoms with E-state index in [9.17, 15) is 0 Å². The molecule has 0 unspecified atom stereocenters. The van der Waals surface area contributed by atoms with E-state index in [1.54, 1.807) is 0 Å². The van der Waals surface area contributed by atoms with Crippen LogP contribution in [-0.4, -0.2) is 44.9 Å². The first-order valence-corrected chi connectivity index (χ1v) is 9.95. The lowest BCUT2D eigenvalue weighted by Crippen LogP contribution is -2.37. The first-order chi connectivity index (χ1) is 15.7. The summed E-state index contributed by atoms with van der Waals surface area (Å²) in [4.78, 5) is 16.9. The van der Waals surface area contributed by atoms with E-state index in [1.807, 2.05) is 0 Å². The van der Waals surface area contributed by atoms with Crippen molar-refractivity contribution in [3.8, 4) is 0 Å². The summed E-state index contributed by atoms with van der Waals surface area (Å²) in [6.07, 6.45) is 0.0982. The summed E-state index contributed by atoms with van der Waals surface area (Å²) in [7, 11) is 4.16. The second-order valence-electron chi connectivity index (χ2n) is 6.96. The Labute approximate surface area is 189 Å². The molecule has 2 N–H and O–H groups in total. The average molecular weight is 458 g/mol. The largest absolute Gasteiger partial charge is 0.565 e. The molecule has 2 aromatic carbocycles. The molecule has 0 aliphatic carbocycles. The van der Waals surface area contributed by atoms with Crippen molar-refractivity contribution in [3.05, 3.63) is 61.2 Å². The molecule has 0 aliphatic rings. The lowest BCUT2D eigenvalue weighted by Gasteiger charge is -2.02. The van der Waals surface area contributed by atoms with Gasteiger partial charge in [-0.3, -0.25) is 0 Å². The van der Waals surface area contributed by atoms with E-state index < -0.39 is 12.3 Å². The van der Waals surface area contributed by atoms with Gasteiger partial charge in [-0.05, 0) is 24.3 Å². The molecule has 11 nitrogen and oxygen atoms in total. The third-order valence-electron chi connectivity index (χ3n) is 4.72. The third kappa shape index (κ3) is 7.51. The summed E-state index contributed by atoms with van der Waals surface area (Å²) in [5.74, 6) is 0. The number of ether oxygens (including phenoxy) is 1. The molecule has 0 atom stereocenters. The zero-order valence-corrected chi connectivity index (χ0v) is 18.3. The molecule has 11 heteroatoms. The van der Waals surface area contributed by atoms with E-state index in [4.69, 9.17) is 34.8 Å². The molecule has 0 radical (unpaired) electrons. The molecule has 2 aromatic heterocycles. The predicted molar refractivity (Wildman–Crippen MR) is 113 cm³/mol. The molecule has 0 spiro atoms. The number of aryl methyl sites for hydroxylation is 2. The van der Waals surface area contributed by atoms with Crippen LogP contribution in [0.15, 0.2) is 61.2 Å². The lowest BCUT2D eigenvalue weighted by molar-refractivity contribution is -0.681.